The SMILES string of the molecule is COc1cc(CNC(=O)c2ccc(COc3ccccc3)o2)ccn1. The molecule has 0 aliphatic carbocycles. The van der Waals surface area contributed by atoms with Crippen molar-refractivity contribution in [3.05, 3.63) is 77.9 Å². The molecule has 2 heterocycles. The average molecular weight is 338 g/mol. The molecule has 1 amide bonds. The van der Waals surface area contributed by atoms with Crippen LogP contribution in [0.25, 0.3) is 0 Å². The van der Waals surface area contributed by atoms with Crippen molar-refractivity contribution >= 4 is 5.91 Å². The number of benzene rings is 1. The number of para-hydroxylation sites is 1. The molecule has 6 heteroatoms. The van der Waals surface area contributed by atoms with Gasteiger partial charge in [0.1, 0.15) is 18.1 Å². The molecule has 1 aromatic carbocycles. The van der Waals surface area contributed by atoms with Gasteiger partial charge < -0.3 is 19.2 Å². The summed E-state index contributed by atoms with van der Waals surface area (Å²) in [7, 11) is 1.55. The number of amides is 1. The van der Waals surface area contributed by atoms with Crippen molar-refractivity contribution in [2.45, 2.75) is 13.2 Å². The van der Waals surface area contributed by atoms with E-state index in [-0.39, 0.29) is 18.3 Å². The molecule has 0 unspecified atom stereocenters. The number of hydrogen-bond donors (Lipinski definition) is 1. The maximum atomic E-state index is 12.2. The number of methoxy groups -OCH3 is 1. The molecule has 0 saturated carbocycles. The molecule has 6 nitrogen and oxygen atoms in total. The number of carbonyl (C=O) groups excluding carboxylic acids is 1. The van der Waals surface area contributed by atoms with Crippen LogP contribution in [0.2, 0.25) is 0 Å². The zero-order chi connectivity index (χ0) is 17.5. The fourth-order valence-corrected chi connectivity index (χ4v) is 2.19. The Morgan fingerprint density at radius 2 is 2.00 bits per heavy atom. The molecule has 0 bridgehead atoms. The van der Waals surface area contributed by atoms with Crippen molar-refractivity contribution in [1.82, 2.24) is 10.3 Å². The van der Waals surface area contributed by atoms with Crippen LogP contribution in [0.5, 0.6) is 11.6 Å². The van der Waals surface area contributed by atoms with Crippen LogP contribution in [0.4, 0.5) is 0 Å². The topological polar surface area (TPSA) is 73.6 Å². The van der Waals surface area contributed by atoms with Gasteiger partial charge in [0.2, 0.25) is 5.88 Å². The van der Waals surface area contributed by atoms with Gasteiger partial charge in [0.25, 0.3) is 5.91 Å². The van der Waals surface area contributed by atoms with Crippen molar-refractivity contribution in [2.24, 2.45) is 0 Å². The first kappa shape index (κ1) is 16.6. The third-order valence-electron chi connectivity index (χ3n) is 3.47. The molecule has 0 aliphatic heterocycles. The van der Waals surface area contributed by atoms with Gasteiger partial charge in [-0.2, -0.15) is 0 Å². The molecule has 25 heavy (non-hydrogen) atoms. The highest BCUT2D eigenvalue weighted by Crippen LogP contribution is 2.14. The summed E-state index contributed by atoms with van der Waals surface area (Å²) in [5.74, 6) is 1.79. The predicted octanol–water partition coefficient (Wildman–Crippen LogP) is 3.19. The second-order valence-corrected chi connectivity index (χ2v) is 5.26. The Morgan fingerprint density at radius 3 is 2.80 bits per heavy atom. The van der Waals surface area contributed by atoms with Crippen LogP contribution in [-0.2, 0) is 13.2 Å². The van der Waals surface area contributed by atoms with Crippen molar-refractivity contribution in [3.63, 3.8) is 0 Å². The van der Waals surface area contributed by atoms with Gasteiger partial charge in [-0.1, -0.05) is 18.2 Å². The number of furan rings is 1. The lowest BCUT2D eigenvalue weighted by Gasteiger charge is -2.05. The van der Waals surface area contributed by atoms with Gasteiger partial charge in [0.05, 0.1) is 7.11 Å². The Balaban J connectivity index is 1.53. The Hall–Kier alpha value is -3.28. The highest BCUT2D eigenvalue weighted by molar-refractivity contribution is 5.91. The van der Waals surface area contributed by atoms with E-state index in [4.69, 9.17) is 13.9 Å². The van der Waals surface area contributed by atoms with Crippen molar-refractivity contribution in [2.75, 3.05) is 7.11 Å². The maximum absolute atomic E-state index is 12.2. The lowest BCUT2D eigenvalue weighted by molar-refractivity contribution is 0.0919. The number of nitrogens with zero attached hydrogens (tertiary/aromatic N) is 1. The van der Waals surface area contributed by atoms with Gasteiger partial charge >= 0.3 is 0 Å². The first-order chi connectivity index (χ1) is 12.2. The maximum Gasteiger partial charge on any atom is 0.287 e. The fraction of sp³-hybridized carbons (Fsp3) is 0.158. The molecule has 1 N–H and O–H groups in total. The predicted molar refractivity (Wildman–Crippen MR) is 91.4 cm³/mol. The van der Waals surface area contributed by atoms with E-state index in [1.807, 2.05) is 36.4 Å². The van der Waals surface area contributed by atoms with Crippen LogP contribution in [-0.4, -0.2) is 18.0 Å². The monoisotopic (exact) mass is 338 g/mol. The molecule has 0 saturated heterocycles. The normalized spacial score (nSPS) is 10.3. The number of hydrogen-bond acceptors (Lipinski definition) is 5. The second-order valence-electron chi connectivity index (χ2n) is 5.26. The largest absolute Gasteiger partial charge is 0.486 e. The molecule has 128 valence electrons. The zero-order valence-corrected chi connectivity index (χ0v) is 13.8. The quantitative estimate of drug-likeness (QED) is 0.716. The molecule has 0 radical (unpaired) electrons. The van der Waals surface area contributed by atoms with Gasteiger partial charge in [-0.05, 0) is 35.9 Å². The van der Waals surface area contributed by atoms with E-state index in [0.717, 1.165) is 11.3 Å². The van der Waals surface area contributed by atoms with E-state index in [2.05, 4.69) is 10.3 Å². The lowest BCUT2D eigenvalue weighted by atomic mass is 10.2. The number of pyridine rings is 1. The number of ether oxygens (including phenoxy) is 2. The first-order valence-electron chi connectivity index (χ1n) is 7.78. The van der Waals surface area contributed by atoms with Crippen LogP contribution in [0.15, 0.2) is 65.2 Å². The molecular formula is C19H18N2O4. The minimum atomic E-state index is -0.290. The molecular weight excluding hydrogens is 320 g/mol. The summed E-state index contributed by atoms with van der Waals surface area (Å²) in [5, 5.41) is 2.80. The Bertz CT molecular complexity index is 830. The Labute approximate surface area is 145 Å². The van der Waals surface area contributed by atoms with Gasteiger partial charge in [-0.3, -0.25) is 4.79 Å². The van der Waals surface area contributed by atoms with Crippen molar-refractivity contribution in [1.29, 1.82) is 0 Å². The third-order valence-corrected chi connectivity index (χ3v) is 3.47. The van der Waals surface area contributed by atoms with Gasteiger partial charge in [-0.25, -0.2) is 4.98 Å². The highest BCUT2D eigenvalue weighted by Gasteiger charge is 2.11. The first-order valence-corrected chi connectivity index (χ1v) is 7.78. The minimum absolute atomic E-state index is 0.243. The van der Waals surface area contributed by atoms with Crippen LogP contribution < -0.4 is 14.8 Å². The number of aromatic nitrogens is 1. The fourth-order valence-electron chi connectivity index (χ4n) is 2.19. The van der Waals surface area contributed by atoms with Crippen LogP contribution in [0.3, 0.4) is 0 Å². The van der Waals surface area contributed by atoms with E-state index in [0.29, 0.717) is 18.2 Å². The average Bonchev–Trinajstić information content (AvgIpc) is 3.14. The summed E-state index contributed by atoms with van der Waals surface area (Å²) in [6.45, 7) is 0.618. The molecule has 0 aliphatic rings. The van der Waals surface area contributed by atoms with E-state index in [1.165, 1.54) is 0 Å². The van der Waals surface area contributed by atoms with Gasteiger partial charge in [0.15, 0.2) is 5.76 Å². The highest BCUT2D eigenvalue weighted by atomic mass is 16.5. The summed E-state index contributed by atoms with van der Waals surface area (Å²) in [5.41, 5.74) is 0.888. The standard InChI is InChI=1S/C19H18N2O4/c1-23-18-11-14(9-10-20-18)12-21-19(22)17-8-7-16(25-17)13-24-15-5-3-2-4-6-15/h2-11H,12-13H2,1H3,(H,21,22). The zero-order valence-electron chi connectivity index (χ0n) is 13.8. The molecule has 3 aromatic rings. The summed E-state index contributed by atoms with van der Waals surface area (Å²) in [6.07, 6.45) is 1.63. The molecule has 2 aromatic heterocycles. The molecule has 3 rings (SSSR count). The van der Waals surface area contributed by atoms with E-state index < -0.39 is 0 Å². The van der Waals surface area contributed by atoms with Crippen LogP contribution in [0, 0.1) is 0 Å². The van der Waals surface area contributed by atoms with E-state index >= 15 is 0 Å². The summed E-state index contributed by atoms with van der Waals surface area (Å²) >= 11 is 0. The van der Waals surface area contributed by atoms with E-state index in [1.54, 1.807) is 31.5 Å². The number of nitrogens with one attached hydrogen (secondary N) is 1. The van der Waals surface area contributed by atoms with E-state index in [9.17, 15) is 4.79 Å². The number of rotatable bonds is 7. The molecule has 0 fully saturated rings. The summed E-state index contributed by atoms with van der Waals surface area (Å²) in [6, 6.07) is 16.4. The van der Waals surface area contributed by atoms with Crippen molar-refractivity contribution in [3.8, 4) is 11.6 Å². The summed E-state index contributed by atoms with van der Waals surface area (Å²) < 4.78 is 16.2. The summed E-state index contributed by atoms with van der Waals surface area (Å²) in [4.78, 5) is 16.2. The van der Waals surface area contributed by atoms with Crippen LogP contribution >= 0.6 is 0 Å². The molecule has 0 atom stereocenters. The van der Waals surface area contributed by atoms with Gasteiger partial charge in [0, 0.05) is 18.8 Å². The second kappa shape index (κ2) is 8.01. The lowest BCUT2D eigenvalue weighted by Crippen LogP contribution is -2.22. The Kier molecular flexibility index (Phi) is 5.31. The van der Waals surface area contributed by atoms with Crippen LogP contribution in [0.1, 0.15) is 21.9 Å². The van der Waals surface area contributed by atoms with Crippen molar-refractivity contribution < 1.29 is 18.7 Å². The molecule has 0 spiro atoms. The third kappa shape index (κ3) is 4.60. The smallest absolute Gasteiger partial charge is 0.287 e. The van der Waals surface area contributed by atoms with Gasteiger partial charge in [-0.15, -0.1) is 0 Å². The minimum Gasteiger partial charge on any atom is -0.486 e. The Morgan fingerprint density at radius 1 is 1.16 bits per heavy atom. The number of carbonyl (C=O) groups is 1.